The molecule has 0 aliphatic carbocycles. The van der Waals surface area contributed by atoms with E-state index in [4.69, 9.17) is 17.4 Å². The standard InChI is InChI=1S/C12H15ClN6/c13-8-1-2-9-10(7-8)16-11(18-14)12(17-9)19-5-3-15-4-6-19/h1-2,7,15H,3-6,14H2,(H,16,18). The van der Waals surface area contributed by atoms with Crippen LogP contribution in [0.2, 0.25) is 5.02 Å². The van der Waals surface area contributed by atoms with E-state index in [1.807, 2.05) is 12.1 Å². The Morgan fingerprint density at radius 1 is 1.21 bits per heavy atom. The Hall–Kier alpha value is -1.63. The quantitative estimate of drug-likeness (QED) is 0.561. The maximum Gasteiger partial charge on any atom is 0.184 e. The number of hydrazine groups is 1. The third-order valence-electron chi connectivity index (χ3n) is 3.16. The zero-order valence-electron chi connectivity index (χ0n) is 10.4. The molecule has 1 aromatic heterocycles. The van der Waals surface area contributed by atoms with Gasteiger partial charge in [0.2, 0.25) is 0 Å². The monoisotopic (exact) mass is 278 g/mol. The number of benzene rings is 1. The van der Waals surface area contributed by atoms with E-state index in [0.717, 1.165) is 43.0 Å². The van der Waals surface area contributed by atoms with Gasteiger partial charge in [0.15, 0.2) is 11.6 Å². The highest BCUT2D eigenvalue weighted by Crippen LogP contribution is 2.26. The Labute approximate surface area is 115 Å². The topological polar surface area (TPSA) is 79.1 Å². The molecule has 1 saturated heterocycles. The number of nitrogen functional groups attached to an aromatic ring is 1. The van der Waals surface area contributed by atoms with E-state index >= 15 is 0 Å². The molecule has 7 heteroatoms. The molecule has 0 radical (unpaired) electrons. The van der Waals surface area contributed by atoms with Gasteiger partial charge in [0.1, 0.15) is 0 Å². The molecule has 0 spiro atoms. The minimum Gasteiger partial charge on any atom is -0.351 e. The fourth-order valence-electron chi connectivity index (χ4n) is 2.21. The minimum absolute atomic E-state index is 0.580. The van der Waals surface area contributed by atoms with Crippen LogP contribution in [0.25, 0.3) is 11.0 Å². The molecule has 4 N–H and O–H groups in total. The first-order valence-corrected chi connectivity index (χ1v) is 6.55. The summed E-state index contributed by atoms with van der Waals surface area (Å²) < 4.78 is 0. The number of rotatable bonds is 2. The fraction of sp³-hybridized carbons (Fsp3) is 0.333. The van der Waals surface area contributed by atoms with Gasteiger partial charge in [-0.05, 0) is 18.2 Å². The summed E-state index contributed by atoms with van der Waals surface area (Å²) in [6.45, 7) is 3.65. The molecule has 0 unspecified atom stereocenters. The minimum atomic E-state index is 0.580. The summed E-state index contributed by atoms with van der Waals surface area (Å²) in [7, 11) is 0. The van der Waals surface area contributed by atoms with Crippen molar-refractivity contribution in [2.75, 3.05) is 36.5 Å². The van der Waals surface area contributed by atoms with E-state index in [1.165, 1.54) is 0 Å². The summed E-state index contributed by atoms with van der Waals surface area (Å²) in [6, 6.07) is 5.47. The molecular weight excluding hydrogens is 264 g/mol. The van der Waals surface area contributed by atoms with Crippen molar-refractivity contribution in [2.24, 2.45) is 5.84 Å². The molecule has 0 bridgehead atoms. The SMILES string of the molecule is NNc1nc2cc(Cl)ccc2nc1N1CCNCC1. The highest BCUT2D eigenvalue weighted by Gasteiger charge is 2.17. The average Bonchev–Trinajstić information content (AvgIpc) is 2.46. The predicted molar refractivity (Wildman–Crippen MR) is 77.4 cm³/mol. The molecule has 2 aromatic rings. The van der Waals surface area contributed by atoms with Crippen molar-refractivity contribution in [3.8, 4) is 0 Å². The van der Waals surface area contributed by atoms with Gasteiger partial charge in [-0.15, -0.1) is 0 Å². The summed E-state index contributed by atoms with van der Waals surface area (Å²) >= 11 is 5.96. The molecule has 1 aliphatic rings. The Morgan fingerprint density at radius 3 is 2.74 bits per heavy atom. The van der Waals surface area contributed by atoms with Crippen LogP contribution in [0.1, 0.15) is 0 Å². The lowest BCUT2D eigenvalue weighted by Crippen LogP contribution is -2.44. The van der Waals surface area contributed by atoms with Crippen molar-refractivity contribution in [3.63, 3.8) is 0 Å². The van der Waals surface area contributed by atoms with Gasteiger partial charge in [0, 0.05) is 31.2 Å². The normalized spacial score (nSPS) is 15.8. The summed E-state index contributed by atoms with van der Waals surface area (Å²) in [5, 5.41) is 3.95. The first-order chi connectivity index (χ1) is 9.28. The van der Waals surface area contributed by atoms with Crippen LogP contribution in [0.15, 0.2) is 18.2 Å². The number of hydrogen-bond donors (Lipinski definition) is 3. The number of nitrogens with zero attached hydrogens (tertiary/aromatic N) is 3. The van der Waals surface area contributed by atoms with Crippen molar-refractivity contribution >= 4 is 34.3 Å². The van der Waals surface area contributed by atoms with Crippen LogP contribution in [-0.2, 0) is 0 Å². The van der Waals surface area contributed by atoms with Gasteiger partial charge in [-0.25, -0.2) is 15.8 Å². The van der Waals surface area contributed by atoms with Gasteiger partial charge in [0.25, 0.3) is 0 Å². The van der Waals surface area contributed by atoms with E-state index < -0.39 is 0 Å². The summed E-state index contributed by atoms with van der Waals surface area (Å²) in [4.78, 5) is 11.3. The van der Waals surface area contributed by atoms with Crippen LogP contribution in [0.5, 0.6) is 0 Å². The van der Waals surface area contributed by atoms with Gasteiger partial charge in [-0.1, -0.05) is 11.6 Å². The van der Waals surface area contributed by atoms with Crippen LogP contribution >= 0.6 is 11.6 Å². The molecule has 100 valence electrons. The molecule has 19 heavy (non-hydrogen) atoms. The van der Waals surface area contributed by atoms with Crippen LogP contribution in [0.4, 0.5) is 11.6 Å². The molecule has 0 amide bonds. The Morgan fingerprint density at radius 2 is 2.00 bits per heavy atom. The van der Waals surface area contributed by atoms with E-state index in [9.17, 15) is 0 Å². The molecular formula is C12H15ClN6. The van der Waals surface area contributed by atoms with E-state index in [1.54, 1.807) is 6.07 Å². The molecule has 1 aliphatic heterocycles. The molecule has 1 aromatic carbocycles. The number of anilines is 2. The lowest BCUT2D eigenvalue weighted by molar-refractivity contribution is 0.585. The van der Waals surface area contributed by atoms with Crippen molar-refractivity contribution in [1.29, 1.82) is 0 Å². The van der Waals surface area contributed by atoms with E-state index in [0.29, 0.717) is 10.8 Å². The number of piperazine rings is 1. The smallest absolute Gasteiger partial charge is 0.184 e. The molecule has 3 rings (SSSR count). The second-order valence-electron chi connectivity index (χ2n) is 4.41. The third kappa shape index (κ3) is 2.42. The lowest BCUT2D eigenvalue weighted by atomic mass is 10.3. The number of nitrogens with one attached hydrogen (secondary N) is 2. The van der Waals surface area contributed by atoms with Crippen molar-refractivity contribution in [2.45, 2.75) is 0 Å². The number of halogens is 1. The van der Waals surface area contributed by atoms with Gasteiger partial charge in [-0.3, -0.25) is 0 Å². The Bertz CT molecular complexity index is 596. The second kappa shape index (κ2) is 5.16. The van der Waals surface area contributed by atoms with Gasteiger partial charge in [0.05, 0.1) is 11.0 Å². The maximum absolute atomic E-state index is 5.96. The van der Waals surface area contributed by atoms with Crippen LogP contribution < -0.4 is 21.5 Å². The van der Waals surface area contributed by atoms with Gasteiger partial charge < -0.3 is 15.6 Å². The zero-order chi connectivity index (χ0) is 13.2. The van der Waals surface area contributed by atoms with Gasteiger partial charge >= 0.3 is 0 Å². The number of fused-ring (bicyclic) bond motifs is 1. The van der Waals surface area contributed by atoms with Crippen LogP contribution in [0, 0.1) is 0 Å². The molecule has 0 saturated carbocycles. The third-order valence-corrected chi connectivity index (χ3v) is 3.40. The highest BCUT2D eigenvalue weighted by molar-refractivity contribution is 6.31. The molecule has 1 fully saturated rings. The number of hydrogen-bond acceptors (Lipinski definition) is 6. The van der Waals surface area contributed by atoms with Crippen LogP contribution in [0.3, 0.4) is 0 Å². The first-order valence-electron chi connectivity index (χ1n) is 6.17. The molecule has 6 nitrogen and oxygen atoms in total. The van der Waals surface area contributed by atoms with E-state index in [-0.39, 0.29) is 0 Å². The average molecular weight is 279 g/mol. The Kier molecular flexibility index (Phi) is 3.37. The van der Waals surface area contributed by atoms with Gasteiger partial charge in [-0.2, -0.15) is 0 Å². The summed E-state index contributed by atoms with van der Waals surface area (Å²) in [6.07, 6.45) is 0. The van der Waals surface area contributed by atoms with E-state index in [2.05, 4.69) is 25.6 Å². The Balaban J connectivity index is 2.09. The largest absolute Gasteiger partial charge is 0.351 e. The van der Waals surface area contributed by atoms with Crippen molar-refractivity contribution < 1.29 is 0 Å². The zero-order valence-corrected chi connectivity index (χ0v) is 11.1. The summed E-state index contributed by atoms with van der Waals surface area (Å²) in [5.41, 5.74) is 4.18. The predicted octanol–water partition coefficient (Wildman–Crippen LogP) is 0.978. The van der Waals surface area contributed by atoms with Crippen molar-refractivity contribution in [1.82, 2.24) is 15.3 Å². The van der Waals surface area contributed by atoms with Crippen LogP contribution in [-0.4, -0.2) is 36.1 Å². The number of aromatic nitrogens is 2. The fourth-order valence-corrected chi connectivity index (χ4v) is 2.38. The first kappa shape index (κ1) is 12.4. The maximum atomic E-state index is 5.96. The second-order valence-corrected chi connectivity index (χ2v) is 4.85. The van der Waals surface area contributed by atoms with Crippen molar-refractivity contribution in [3.05, 3.63) is 23.2 Å². The molecule has 2 heterocycles. The highest BCUT2D eigenvalue weighted by atomic mass is 35.5. The lowest BCUT2D eigenvalue weighted by Gasteiger charge is -2.29. The number of nitrogens with two attached hydrogens (primary N) is 1. The molecule has 0 atom stereocenters. The summed E-state index contributed by atoms with van der Waals surface area (Å²) in [5.74, 6) is 6.93.